The average molecular weight is 240 g/mol. The number of nitrogens with zero attached hydrogens (tertiary/aromatic N) is 1. The highest BCUT2D eigenvalue weighted by Crippen LogP contribution is 2.10. The SMILES string of the molecule is Cc1ccc(CN(CCCCl)C(C)C)cc1. The van der Waals surface area contributed by atoms with Gasteiger partial charge in [-0.2, -0.15) is 0 Å². The molecule has 1 rings (SSSR count). The Bertz CT molecular complexity index is 292. The van der Waals surface area contributed by atoms with Gasteiger partial charge in [0.15, 0.2) is 0 Å². The molecule has 1 nitrogen and oxygen atoms in total. The molecule has 16 heavy (non-hydrogen) atoms. The normalized spacial score (nSPS) is 11.4. The van der Waals surface area contributed by atoms with Gasteiger partial charge in [-0.15, -0.1) is 11.6 Å². The fraction of sp³-hybridized carbons (Fsp3) is 0.571. The number of benzene rings is 1. The molecule has 0 amide bonds. The van der Waals surface area contributed by atoms with Crippen LogP contribution in [-0.4, -0.2) is 23.4 Å². The molecule has 0 unspecified atom stereocenters. The van der Waals surface area contributed by atoms with Gasteiger partial charge < -0.3 is 0 Å². The smallest absolute Gasteiger partial charge is 0.0236 e. The summed E-state index contributed by atoms with van der Waals surface area (Å²) in [7, 11) is 0. The molecule has 90 valence electrons. The van der Waals surface area contributed by atoms with Gasteiger partial charge in [-0.1, -0.05) is 29.8 Å². The van der Waals surface area contributed by atoms with Crippen LogP contribution >= 0.6 is 11.6 Å². The summed E-state index contributed by atoms with van der Waals surface area (Å²) in [6.07, 6.45) is 1.06. The average Bonchev–Trinajstić information content (AvgIpc) is 2.26. The number of hydrogen-bond donors (Lipinski definition) is 0. The van der Waals surface area contributed by atoms with Crippen molar-refractivity contribution >= 4 is 11.6 Å². The lowest BCUT2D eigenvalue weighted by atomic mass is 10.1. The highest BCUT2D eigenvalue weighted by atomic mass is 35.5. The minimum absolute atomic E-state index is 0.574. The maximum atomic E-state index is 5.75. The molecular weight excluding hydrogens is 218 g/mol. The van der Waals surface area contributed by atoms with Crippen LogP contribution in [0.2, 0.25) is 0 Å². The van der Waals surface area contributed by atoms with E-state index in [0.29, 0.717) is 6.04 Å². The molecular formula is C14H22ClN. The summed E-state index contributed by atoms with van der Waals surface area (Å²) in [5, 5.41) is 0. The summed E-state index contributed by atoms with van der Waals surface area (Å²) in [4.78, 5) is 2.47. The summed E-state index contributed by atoms with van der Waals surface area (Å²) < 4.78 is 0. The second kappa shape index (κ2) is 6.93. The predicted molar refractivity (Wildman–Crippen MR) is 72.1 cm³/mol. The van der Waals surface area contributed by atoms with Gasteiger partial charge in [0.1, 0.15) is 0 Å². The Kier molecular flexibility index (Phi) is 5.86. The van der Waals surface area contributed by atoms with Crippen molar-refractivity contribution < 1.29 is 0 Å². The van der Waals surface area contributed by atoms with Crippen molar-refractivity contribution in [3.8, 4) is 0 Å². The molecule has 0 aromatic heterocycles. The van der Waals surface area contributed by atoms with Crippen LogP contribution in [0.4, 0.5) is 0 Å². The summed E-state index contributed by atoms with van der Waals surface area (Å²) >= 11 is 5.75. The minimum Gasteiger partial charge on any atom is -0.297 e. The van der Waals surface area contributed by atoms with Crippen molar-refractivity contribution in [1.82, 2.24) is 4.90 Å². The van der Waals surface area contributed by atoms with E-state index in [4.69, 9.17) is 11.6 Å². The van der Waals surface area contributed by atoms with Crippen LogP contribution in [0.5, 0.6) is 0 Å². The van der Waals surface area contributed by atoms with Crippen molar-refractivity contribution in [2.24, 2.45) is 0 Å². The van der Waals surface area contributed by atoms with Crippen molar-refractivity contribution in [3.63, 3.8) is 0 Å². The van der Waals surface area contributed by atoms with E-state index in [1.807, 2.05) is 0 Å². The molecule has 0 N–H and O–H groups in total. The third-order valence-corrected chi connectivity index (χ3v) is 3.08. The molecule has 0 aliphatic heterocycles. The van der Waals surface area contributed by atoms with Crippen molar-refractivity contribution in [1.29, 1.82) is 0 Å². The second-order valence-corrected chi connectivity index (χ2v) is 4.97. The molecule has 0 aliphatic carbocycles. The molecule has 0 fully saturated rings. The van der Waals surface area contributed by atoms with E-state index in [-0.39, 0.29) is 0 Å². The van der Waals surface area contributed by atoms with Gasteiger partial charge in [0.2, 0.25) is 0 Å². The Morgan fingerprint density at radius 1 is 1.19 bits per heavy atom. The Morgan fingerprint density at radius 3 is 2.31 bits per heavy atom. The lowest BCUT2D eigenvalue weighted by Crippen LogP contribution is -2.31. The van der Waals surface area contributed by atoms with Crippen LogP contribution in [-0.2, 0) is 6.54 Å². The zero-order valence-corrected chi connectivity index (χ0v) is 11.3. The minimum atomic E-state index is 0.574. The maximum Gasteiger partial charge on any atom is 0.0236 e. The number of rotatable bonds is 6. The molecule has 1 aromatic rings. The number of halogens is 1. The van der Waals surface area contributed by atoms with Gasteiger partial charge >= 0.3 is 0 Å². The monoisotopic (exact) mass is 239 g/mol. The summed E-state index contributed by atoms with van der Waals surface area (Å²) in [5.74, 6) is 0.747. The number of alkyl halides is 1. The Morgan fingerprint density at radius 2 is 1.81 bits per heavy atom. The molecule has 1 aromatic carbocycles. The molecule has 0 aliphatic rings. The highest BCUT2D eigenvalue weighted by molar-refractivity contribution is 6.17. The van der Waals surface area contributed by atoms with Crippen LogP contribution < -0.4 is 0 Å². The molecule has 0 spiro atoms. The quantitative estimate of drug-likeness (QED) is 0.682. The van der Waals surface area contributed by atoms with Crippen LogP contribution in [0, 0.1) is 6.92 Å². The topological polar surface area (TPSA) is 3.24 Å². The Balaban J connectivity index is 2.57. The molecule has 0 saturated heterocycles. The Hall–Kier alpha value is -0.530. The molecule has 2 heteroatoms. The van der Waals surface area contributed by atoms with Gasteiger partial charge in [0.05, 0.1) is 0 Å². The van der Waals surface area contributed by atoms with E-state index in [9.17, 15) is 0 Å². The predicted octanol–water partition coefficient (Wildman–Crippen LogP) is 3.83. The first-order chi connectivity index (χ1) is 7.63. The molecule has 0 atom stereocenters. The van der Waals surface area contributed by atoms with Gasteiger partial charge in [-0.25, -0.2) is 0 Å². The standard InChI is InChI=1S/C14H22ClN/c1-12(2)16(10-4-9-15)11-14-7-5-13(3)6-8-14/h5-8,12H,4,9-11H2,1-3H3. The first kappa shape index (κ1) is 13.5. The van der Waals surface area contributed by atoms with Gasteiger partial charge in [-0.05, 0) is 39.3 Å². The van der Waals surface area contributed by atoms with E-state index >= 15 is 0 Å². The van der Waals surface area contributed by atoms with Crippen molar-refractivity contribution in [2.45, 2.75) is 39.8 Å². The highest BCUT2D eigenvalue weighted by Gasteiger charge is 2.09. The second-order valence-electron chi connectivity index (χ2n) is 4.59. The van der Waals surface area contributed by atoms with Gasteiger partial charge in [0.25, 0.3) is 0 Å². The largest absolute Gasteiger partial charge is 0.297 e. The van der Waals surface area contributed by atoms with Crippen LogP contribution in [0.15, 0.2) is 24.3 Å². The lowest BCUT2D eigenvalue weighted by Gasteiger charge is -2.26. The maximum absolute atomic E-state index is 5.75. The van der Waals surface area contributed by atoms with E-state index in [1.165, 1.54) is 11.1 Å². The van der Waals surface area contributed by atoms with Crippen molar-refractivity contribution in [3.05, 3.63) is 35.4 Å². The van der Waals surface area contributed by atoms with E-state index in [2.05, 4.69) is 49.9 Å². The summed E-state index contributed by atoms with van der Waals surface area (Å²) in [6.45, 7) is 8.70. The van der Waals surface area contributed by atoms with E-state index in [1.54, 1.807) is 0 Å². The van der Waals surface area contributed by atoms with Gasteiger partial charge in [0, 0.05) is 18.5 Å². The number of hydrogen-bond acceptors (Lipinski definition) is 1. The van der Waals surface area contributed by atoms with Crippen LogP contribution in [0.3, 0.4) is 0 Å². The number of aryl methyl sites for hydroxylation is 1. The van der Waals surface area contributed by atoms with Crippen LogP contribution in [0.1, 0.15) is 31.4 Å². The van der Waals surface area contributed by atoms with E-state index in [0.717, 1.165) is 25.4 Å². The zero-order valence-electron chi connectivity index (χ0n) is 10.5. The zero-order chi connectivity index (χ0) is 12.0. The fourth-order valence-corrected chi connectivity index (χ4v) is 1.83. The third kappa shape index (κ3) is 4.54. The van der Waals surface area contributed by atoms with E-state index < -0.39 is 0 Å². The molecule has 0 radical (unpaired) electrons. The first-order valence-electron chi connectivity index (χ1n) is 5.99. The third-order valence-electron chi connectivity index (χ3n) is 2.82. The summed E-state index contributed by atoms with van der Waals surface area (Å²) in [6, 6.07) is 9.35. The molecule has 0 bridgehead atoms. The van der Waals surface area contributed by atoms with Crippen molar-refractivity contribution in [2.75, 3.05) is 12.4 Å². The van der Waals surface area contributed by atoms with Crippen LogP contribution in [0.25, 0.3) is 0 Å². The summed E-state index contributed by atoms with van der Waals surface area (Å²) in [5.41, 5.74) is 2.70. The van der Waals surface area contributed by atoms with Gasteiger partial charge in [-0.3, -0.25) is 4.90 Å². The Labute approximate surface area is 104 Å². The molecule has 0 saturated carbocycles. The lowest BCUT2D eigenvalue weighted by molar-refractivity contribution is 0.214. The first-order valence-corrected chi connectivity index (χ1v) is 6.52. The fourth-order valence-electron chi connectivity index (χ4n) is 1.71. The molecule has 0 heterocycles.